The summed E-state index contributed by atoms with van der Waals surface area (Å²) >= 11 is 0. The second-order valence-electron chi connectivity index (χ2n) is 7.66. The number of allylic oxidation sites excluding steroid dienone is 7. The molecule has 0 radical (unpaired) electrons. The molecule has 1 aliphatic rings. The molecule has 0 fully saturated rings. The Bertz CT molecular complexity index is 967. The highest BCUT2D eigenvalue weighted by Crippen LogP contribution is 2.53. The van der Waals surface area contributed by atoms with Gasteiger partial charge in [0.15, 0.2) is 0 Å². The lowest BCUT2D eigenvalue weighted by molar-refractivity contribution is 0.665. The fourth-order valence-electron chi connectivity index (χ4n) is 4.83. The van der Waals surface area contributed by atoms with Crippen LogP contribution in [0.15, 0.2) is 78.9 Å². The van der Waals surface area contributed by atoms with Crippen LogP contribution in [0.1, 0.15) is 68.4 Å². The molecule has 0 N–H and O–H groups in total. The smallest absolute Gasteiger partial charge is 0.0398 e. The van der Waals surface area contributed by atoms with Gasteiger partial charge in [0.1, 0.15) is 0 Å². The van der Waals surface area contributed by atoms with E-state index in [1.54, 1.807) is 0 Å². The van der Waals surface area contributed by atoms with Gasteiger partial charge in [0.2, 0.25) is 0 Å². The van der Waals surface area contributed by atoms with E-state index in [2.05, 4.69) is 108 Å². The van der Waals surface area contributed by atoms with Crippen molar-refractivity contribution in [3.8, 4) is 0 Å². The van der Waals surface area contributed by atoms with E-state index in [-0.39, 0.29) is 5.41 Å². The van der Waals surface area contributed by atoms with Crippen molar-refractivity contribution in [2.45, 2.75) is 52.9 Å². The van der Waals surface area contributed by atoms with Gasteiger partial charge in [-0.3, -0.25) is 0 Å². The van der Waals surface area contributed by atoms with Crippen LogP contribution < -0.4 is 0 Å². The van der Waals surface area contributed by atoms with E-state index < -0.39 is 0 Å². The predicted molar refractivity (Wildman–Crippen MR) is 125 cm³/mol. The van der Waals surface area contributed by atoms with Crippen molar-refractivity contribution in [2.75, 3.05) is 0 Å². The molecule has 0 saturated heterocycles. The molecule has 0 aromatic heterocycles. The summed E-state index contributed by atoms with van der Waals surface area (Å²) in [5.41, 5.74) is 10.8. The second kappa shape index (κ2) is 8.19. The van der Waals surface area contributed by atoms with Crippen LogP contribution >= 0.6 is 0 Å². The van der Waals surface area contributed by atoms with Crippen LogP contribution in [0, 0.1) is 6.92 Å². The molecule has 0 nitrogen and oxygen atoms in total. The molecule has 0 saturated carbocycles. The third kappa shape index (κ3) is 3.02. The minimum absolute atomic E-state index is 0.104. The average Bonchev–Trinajstić information content (AvgIpc) is 2.99. The molecule has 0 heteroatoms. The first-order valence-corrected chi connectivity index (χ1v) is 10.4. The van der Waals surface area contributed by atoms with Gasteiger partial charge in [-0.25, -0.2) is 0 Å². The maximum absolute atomic E-state index is 4.20. The van der Waals surface area contributed by atoms with E-state index in [1.165, 1.54) is 44.5 Å². The Morgan fingerprint density at radius 2 is 1.79 bits per heavy atom. The zero-order valence-corrected chi connectivity index (χ0v) is 18.0. The van der Waals surface area contributed by atoms with E-state index in [1.807, 2.05) is 0 Å². The quantitative estimate of drug-likeness (QED) is 0.453. The van der Waals surface area contributed by atoms with E-state index in [4.69, 9.17) is 0 Å². The molecule has 3 rings (SSSR count). The highest BCUT2D eigenvalue weighted by atomic mass is 14.4. The lowest BCUT2D eigenvalue weighted by atomic mass is 9.72. The molecule has 1 atom stereocenters. The lowest BCUT2D eigenvalue weighted by Crippen LogP contribution is -2.24. The Hall–Kier alpha value is -2.60. The van der Waals surface area contributed by atoms with E-state index in [0.29, 0.717) is 0 Å². The summed E-state index contributed by atoms with van der Waals surface area (Å²) in [4.78, 5) is 0. The van der Waals surface area contributed by atoms with Gasteiger partial charge in [0.25, 0.3) is 0 Å². The van der Waals surface area contributed by atoms with Crippen LogP contribution in [0.5, 0.6) is 0 Å². The minimum Gasteiger partial charge on any atom is -0.0984 e. The Morgan fingerprint density at radius 3 is 2.36 bits per heavy atom. The summed E-state index contributed by atoms with van der Waals surface area (Å²) in [6.07, 6.45) is 10.8. The van der Waals surface area contributed by atoms with Crippen LogP contribution in [0.3, 0.4) is 0 Å². The van der Waals surface area contributed by atoms with E-state index in [9.17, 15) is 0 Å². The lowest BCUT2D eigenvalue weighted by Gasteiger charge is -2.31. The molecule has 2 aromatic rings. The summed E-state index contributed by atoms with van der Waals surface area (Å²) in [5.74, 6) is 0. The van der Waals surface area contributed by atoms with Crippen molar-refractivity contribution in [1.29, 1.82) is 0 Å². The molecule has 2 aromatic carbocycles. The standard InChI is InChI=1S/C28H32/c1-7-11-15-21(8-2)24-18-19-26-27(20(24)5)23(9-3)25(10-4)28(26,6)22-16-13-12-14-17-22/h8-9,11-19H,3,7,10H2,1-2,4-6H3/b15-11-,21-8-. The fraction of sp³-hybridized carbons (Fsp3) is 0.286. The first-order chi connectivity index (χ1) is 13.5. The Kier molecular flexibility index (Phi) is 5.89. The Labute approximate surface area is 171 Å². The van der Waals surface area contributed by atoms with E-state index in [0.717, 1.165) is 12.8 Å². The summed E-state index contributed by atoms with van der Waals surface area (Å²) in [7, 11) is 0. The molecule has 1 unspecified atom stereocenters. The van der Waals surface area contributed by atoms with Crippen LogP contribution in [0.25, 0.3) is 11.1 Å². The highest BCUT2D eigenvalue weighted by Gasteiger charge is 2.41. The molecule has 28 heavy (non-hydrogen) atoms. The van der Waals surface area contributed by atoms with Gasteiger partial charge < -0.3 is 0 Å². The van der Waals surface area contributed by atoms with Crippen molar-refractivity contribution in [3.05, 3.63) is 107 Å². The highest BCUT2D eigenvalue weighted by molar-refractivity contribution is 5.91. The summed E-state index contributed by atoms with van der Waals surface area (Å²) < 4.78 is 0. The molecule has 0 amide bonds. The van der Waals surface area contributed by atoms with Crippen molar-refractivity contribution in [1.82, 2.24) is 0 Å². The monoisotopic (exact) mass is 368 g/mol. The Morgan fingerprint density at radius 1 is 1.07 bits per heavy atom. The number of hydrogen-bond donors (Lipinski definition) is 0. The number of rotatable bonds is 6. The SMILES string of the molecule is C=CC1=C(CC)C(C)(c2ccccc2)c2ccc(C(/C=C\CC)=C\C)c(C)c21. The van der Waals surface area contributed by atoms with Crippen LogP contribution in [-0.2, 0) is 5.41 Å². The topological polar surface area (TPSA) is 0 Å². The van der Waals surface area contributed by atoms with Gasteiger partial charge >= 0.3 is 0 Å². The average molecular weight is 369 g/mol. The normalized spacial score (nSPS) is 19.4. The van der Waals surface area contributed by atoms with Crippen molar-refractivity contribution >= 4 is 11.1 Å². The van der Waals surface area contributed by atoms with Crippen LogP contribution in [-0.4, -0.2) is 0 Å². The van der Waals surface area contributed by atoms with Crippen LogP contribution in [0.2, 0.25) is 0 Å². The number of hydrogen-bond acceptors (Lipinski definition) is 0. The summed E-state index contributed by atoms with van der Waals surface area (Å²) in [5, 5.41) is 0. The van der Waals surface area contributed by atoms with Gasteiger partial charge in [-0.15, -0.1) is 0 Å². The van der Waals surface area contributed by atoms with Gasteiger partial charge in [0, 0.05) is 5.41 Å². The first kappa shape index (κ1) is 20.1. The third-order valence-electron chi connectivity index (χ3n) is 6.27. The third-order valence-corrected chi connectivity index (χ3v) is 6.27. The van der Waals surface area contributed by atoms with Gasteiger partial charge in [-0.2, -0.15) is 0 Å². The molecule has 144 valence electrons. The van der Waals surface area contributed by atoms with Crippen molar-refractivity contribution in [2.24, 2.45) is 0 Å². The fourth-order valence-corrected chi connectivity index (χ4v) is 4.83. The number of fused-ring (bicyclic) bond motifs is 1. The molecular formula is C28H32. The molecular weight excluding hydrogens is 336 g/mol. The Balaban J connectivity index is 2.32. The van der Waals surface area contributed by atoms with Crippen LogP contribution in [0.4, 0.5) is 0 Å². The van der Waals surface area contributed by atoms with Gasteiger partial charge in [-0.1, -0.05) is 87.2 Å². The predicted octanol–water partition coefficient (Wildman–Crippen LogP) is 8.03. The molecule has 0 spiro atoms. The summed E-state index contributed by atoms with van der Waals surface area (Å²) in [6.45, 7) is 15.4. The van der Waals surface area contributed by atoms with Gasteiger partial charge in [-0.05, 0) is 78.1 Å². The minimum atomic E-state index is -0.104. The largest absolute Gasteiger partial charge is 0.0984 e. The molecule has 0 heterocycles. The van der Waals surface area contributed by atoms with Gasteiger partial charge in [0.05, 0.1) is 0 Å². The maximum Gasteiger partial charge on any atom is 0.0398 e. The molecule has 0 aliphatic heterocycles. The maximum atomic E-state index is 4.20. The number of benzene rings is 2. The van der Waals surface area contributed by atoms with E-state index >= 15 is 0 Å². The second-order valence-corrected chi connectivity index (χ2v) is 7.66. The molecule has 1 aliphatic carbocycles. The van der Waals surface area contributed by atoms with Crippen molar-refractivity contribution in [3.63, 3.8) is 0 Å². The van der Waals surface area contributed by atoms with Crippen molar-refractivity contribution < 1.29 is 0 Å². The first-order valence-electron chi connectivity index (χ1n) is 10.4. The summed E-state index contributed by atoms with van der Waals surface area (Å²) in [6, 6.07) is 15.6. The zero-order valence-electron chi connectivity index (χ0n) is 18.0. The molecule has 0 bridgehead atoms. The zero-order chi connectivity index (χ0) is 20.3.